The number of rotatable bonds is 4. The molecule has 0 radical (unpaired) electrons. The highest BCUT2D eigenvalue weighted by Gasteiger charge is 2.15. The van der Waals surface area contributed by atoms with Crippen LogP contribution in [0.3, 0.4) is 0 Å². The zero-order valence-corrected chi connectivity index (χ0v) is 12.9. The van der Waals surface area contributed by atoms with Crippen LogP contribution in [0.1, 0.15) is 50.5 Å². The third-order valence-electron chi connectivity index (χ3n) is 4.12. The summed E-state index contributed by atoms with van der Waals surface area (Å²) in [6.07, 6.45) is 6.93. The molecule has 1 aliphatic carbocycles. The number of nitrogens with one attached hydrogen (secondary N) is 1. The van der Waals surface area contributed by atoms with Crippen LogP contribution in [0.25, 0.3) is 11.3 Å². The van der Waals surface area contributed by atoms with Crippen molar-refractivity contribution < 1.29 is 0 Å². The van der Waals surface area contributed by atoms with Crippen molar-refractivity contribution in [1.29, 1.82) is 0 Å². The lowest BCUT2D eigenvalue weighted by Gasteiger charge is -2.22. The van der Waals surface area contributed by atoms with E-state index >= 15 is 0 Å². The largest absolute Gasteiger partial charge is 0.362 e. The molecule has 0 unspecified atom stereocenters. The van der Waals surface area contributed by atoms with Gasteiger partial charge in [0, 0.05) is 17.5 Å². The Hall–Kier alpha value is -1.35. The average Bonchev–Trinajstić information content (AvgIpc) is 2.97. The summed E-state index contributed by atoms with van der Waals surface area (Å²) in [6.45, 7) is 3.02. The summed E-state index contributed by atoms with van der Waals surface area (Å²) in [7, 11) is 0. The standard InChI is InChI=1S/C17H22N2S/c1-2-18-17-19-16(12-20-17)15-10-8-14(9-11-15)13-6-4-3-5-7-13/h8-13H,2-7H2,1H3,(H,18,19). The van der Waals surface area contributed by atoms with Gasteiger partial charge in [-0.3, -0.25) is 0 Å². The van der Waals surface area contributed by atoms with Crippen molar-refractivity contribution in [1.82, 2.24) is 4.98 Å². The number of anilines is 1. The topological polar surface area (TPSA) is 24.9 Å². The molecular weight excluding hydrogens is 264 g/mol. The minimum absolute atomic E-state index is 0.783. The second kappa shape index (κ2) is 6.40. The Morgan fingerprint density at radius 2 is 1.90 bits per heavy atom. The predicted octanol–water partition coefficient (Wildman–Crippen LogP) is 5.29. The molecule has 0 aliphatic heterocycles. The highest BCUT2D eigenvalue weighted by atomic mass is 32.1. The van der Waals surface area contributed by atoms with E-state index in [1.165, 1.54) is 43.2 Å². The van der Waals surface area contributed by atoms with Crippen LogP contribution in [0.15, 0.2) is 29.6 Å². The third kappa shape index (κ3) is 3.04. The van der Waals surface area contributed by atoms with Crippen LogP contribution >= 0.6 is 11.3 Å². The second-order valence-electron chi connectivity index (χ2n) is 5.53. The van der Waals surface area contributed by atoms with Crippen LogP contribution in [0.5, 0.6) is 0 Å². The maximum Gasteiger partial charge on any atom is 0.183 e. The smallest absolute Gasteiger partial charge is 0.183 e. The number of benzene rings is 1. The molecule has 2 nitrogen and oxygen atoms in total. The lowest BCUT2D eigenvalue weighted by molar-refractivity contribution is 0.443. The zero-order chi connectivity index (χ0) is 13.8. The average molecular weight is 286 g/mol. The normalized spacial score (nSPS) is 16.2. The van der Waals surface area contributed by atoms with Gasteiger partial charge in [0.15, 0.2) is 5.13 Å². The lowest BCUT2D eigenvalue weighted by atomic mass is 9.84. The van der Waals surface area contributed by atoms with E-state index in [1.54, 1.807) is 11.3 Å². The van der Waals surface area contributed by atoms with Crippen molar-refractivity contribution in [2.45, 2.75) is 44.9 Å². The molecule has 0 bridgehead atoms. The van der Waals surface area contributed by atoms with Crippen LogP contribution in [0.4, 0.5) is 5.13 Å². The molecule has 1 heterocycles. The first-order chi connectivity index (χ1) is 9.86. The Labute approximate surface area is 125 Å². The van der Waals surface area contributed by atoms with Crippen molar-refractivity contribution in [3.05, 3.63) is 35.2 Å². The maximum atomic E-state index is 4.62. The fraction of sp³-hybridized carbons (Fsp3) is 0.471. The molecule has 1 saturated carbocycles. The van der Waals surface area contributed by atoms with Crippen molar-refractivity contribution in [2.75, 3.05) is 11.9 Å². The van der Waals surface area contributed by atoms with Gasteiger partial charge in [0.2, 0.25) is 0 Å². The van der Waals surface area contributed by atoms with Gasteiger partial charge >= 0.3 is 0 Å². The van der Waals surface area contributed by atoms with Gasteiger partial charge in [0.1, 0.15) is 0 Å². The molecule has 0 atom stereocenters. The predicted molar refractivity (Wildman–Crippen MR) is 87.5 cm³/mol. The molecule has 2 aromatic rings. The van der Waals surface area contributed by atoms with Crippen LogP contribution < -0.4 is 5.32 Å². The van der Waals surface area contributed by atoms with Gasteiger partial charge in [-0.2, -0.15) is 0 Å². The van der Waals surface area contributed by atoms with Crippen molar-refractivity contribution in [2.24, 2.45) is 0 Å². The molecule has 1 aliphatic rings. The van der Waals surface area contributed by atoms with Crippen molar-refractivity contribution >= 4 is 16.5 Å². The Morgan fingerprint density at radius 3 is 2.60 bits per heavy atom. The molecule has 1 fully saturated rings. The molecule has 0 spiro atoms. The van der Waals surface area contributed by atoms with Crippen LogP contribution in [0.2, 0.25) is 0 Å². The van der Waals surface area contributed by atoms with E-state index in [2.05, 4.69) is 46.9 Å². The van der Waals surface area contributed by atoms with Gasteiger partial charge in [-0.25, -0.2) is 4.98 Å². The molecule has 3 rings (SSSR count). The Bertz CT molecular complexity index is 538. The second-order valence-corrected chi connectivity index (χ2v) is 6.38. The first-order valence-electron chi connectivity index (χ1n) is 7.66. The summed E-state index contributed by atoms with van der Waals surface area (Å²) < 4.78 is 0. The molecule has 106 valence electrons. The zero-order valence-electron chi connectivity index (χ0n) is 12.1. The molecule has 1 aromatic carbocycles. The number of hydrogen-bond acceptors (Lipinski definition) is 3. The first-order valence-corrected chi connectivity index (χ1v) is 8.54. The molecule has 20 heavy (non-hydrogen) atoms. The molecular formula is C17H22N2S. The fourth-order valence-corrected chi connectivity index (χ4v) is 3.79. The number of nitrogens with zero attached hydrogens (tertiary/aromatic N) is 1. The summed E-state index contributed by atoms with van der Waals surface area (Å²) in [6, 6.07) is 9.07. The van der Waals surface area contributed by atoms with Gasteiger partial charge in [-0.05, 0) is 31.2 Å². The Morgan fingerprint density at radius 1 is 1.15 bits per heavy atom. The van der Waals surface area contributed by atoms with Crippen LogP contribution in [-0.4, -0.2) is 11.5 Å². The highest BCUT2D eigenvalue weighted by molar-refractivity contribution is 7.14. The lowest BCUT2D eigenvalue weighted by Crippen LogP contribution is -2.04. The van der Waals surface area contributed by atoms with E-state index in [-0.39, 0.29) is 0 Å². The van der Waals surface area contributed by atoms with Crippen molar-refractivity contribution in [3.63, 3.8) is 0 Å². The third-order valence-corrected chi connectivity index (χ3v) is 4.92. The molecule has 0 amide bonds. The van der Waals surface area contributed by atoms with Gasteiger partial charge in [0.05, 0.1) is 5.69 Å². The Kier molecular flexibility index (Phi) is 4.36. The maximum absolute atomic E-state index is 4.62. The monoisotopic (exact) mass is 286 g/mol. The summed E-state index contributed by atoms with van der Waals surface area (Å²) in [5.74, 6) is 0.783. The summed E-state index contributed by atoms with van der Waals surface area (Å²) in [4.78, 5) is 4.62. The van der Waals surface area contributed by atoms with Crippen LogP contribution in [0, 0.1) is 0 Å². The van der Waals surface area contributed by atoms with E-state index in [0.29, 0.717) is 0 Å². The molecule has 0 saturated heterocycles. The van der Waals surface area contributed by atoms with Crippen LogP contribution in [-0.2, 0) is 0 Å². The first kappa shape index (κ1) is 13.6. The van der Waals surface area contributed by atoms with E-state index in [0.717, 1.165) is 23.3 Å². The van der Waals surface area contributed by atoms with Crippen molar-refractivity contribution in [3.8, 4) is 11.3 Å². The summed E-state index contributed by atoms with van der Waals surface area (Å²) in [5.41, 5.74) is 3.82. The van der Waals surface area contributed by atoms with E-state index in [4.69, 9.17) is 0 Å². The summed E-state index contributed by atoms with van der Waals surface area (Å²) >= 11 is 1.68. The fourth-order valence-electron chi connectivity index (χ4n) is 3.00. The minimum Gasteiger partial charge on any atom is -0.362 e. The molecule has 3 heteroatoms. The van der Waals surface area contributed by atoms with E-state index in [9.17, 15) is 0 Å². The molecule has 1 N–H and O–H groups in total. The van der Waals surface area contributed by atoms with Gasteiger partial charge in [-0.1, -0.05) is 43.5 Å². The molecule has 1 aromatic heterocycles. The number of thiazole rings is 1. The van der Waals surface area contributed by atoms with Gasteiger partial charge in [-0.15, -0.1) is 11.3 Å². The summed E-state index contributed by atoms with van der Waals surface area (Å²) in [5, 5.41) is 6.41. The number of hydrogen-bond donors (Lipinski definition) is 1. The minimum atomic E-state index is 0.783. The van der Waals surface area contributed by atoms with E-state index < -0.39 is 0 Å². The Balaban J connectivity index is 1.74. The SMILES string of the molecule is CCNc1nc(-c2ccc(C3CCCCC3)cc2)cs1. The highest BCUT2D eigenvalue weighted by Crippen LogP contribution is 2.33. The number of aromatic nitrogens is 1. The van der Waals surface area contributed by atoms with Gasteiger partial charge < -0.3 is 5.32 Å². The van der Waals surface area contributed by atoms with E-state index in [1.807, 2.05) is 0 Å². The van der Waals surface area contributed by atoms with Gasteiger partial charge in [0.25, 0.3) is 0 Å². The quantitative estimate of drug-likeness (QED) is 0.826.